The molecule has 0 fully saturated rings. The van der Waals surface area contributed by atoms with E-state index in [1.165, 1.54) is 12.1 Å². The molecule has 1 aliphatic heterocycles. The molecule has 1 aliphatic rings. The zero-order chi connectivity index (χ0) is 18.1. The molecular weight excluding hydrogens is 335 g/mol. The number of halogens is 1. The first-order valence-electron chi connectivity index (χ1n) is 8.05. The summed E-state index contributed by atoms with van der Waals surface area (Å²) in [5, 5.41) is 9.51. The number of amides is 2. The lowest BCUT2D eigenvalue weighted by molar-refractivity contribution is 0.240. The first kappa shape index (κ1) is 16.0. The molecule has 2 N–H and O–H groups in total. The molecule has 4 rings (SSSR count). The number of allylic oxidation sites excluding steroid dienone is 1. The van der Waals surface area contributed by atoms with E-state index in [0.29, 0.717) is 22.7 Å². The Kier molecular flexibility index (Phi) is 3.96. The molecule has 0 spiro atoms. The minimum Gasteiger partial charge on any atom is -0.334 e. The van der Waals surface area contributed by atoms with Crippen LogP contribution in [0.4, 0.5) is 9.18 Å². The molecular formula is C19H15FN4O2. The summed E-state index contributed by atoms with van der Waals surface area (Å²) in [6.45, 7) is 1.74. The van der Waals surface area contributed by atoms with Crippen LogP contribution in [-0.4, -0.2) is 16.2 Å². The maximum absolute atomic E-state index is 13.7. The molecule has 0 unspecified atom stereocenters. The van der Waals surface area contributed by atoms with Crippen LogP contribution < -0.4 is 10.6 Å². The van der Waals surface area contributed by atoms with E-state index in [9.17, 15) is 9.18 Å². The second-order valence-electron chi connectivity index (χ2n) is 5.91. The predicted molar refractivity (Wildman–Crippen MR) is 93.1 cm³/mol. The minimum absolute atomic E-state index is 0.267. The van der Waals surface area contributed by atoms with Crippen molar-refractivity contribution in [2.75, 3.05) is 0 Å². The fraction of sp³-hybridized carbons (Fsp3) is 0.105. The number of hydrogen-bond donors (Lipinski definition) is 2. The van der Waals surface area contributed by atoms with Gasteiger partial charge in [0, 0.05) is 11.3 Å². The van der Waals surface area contributed by atoms with Gasteiger partial charge in [0.1, 0.15) is 5.82 Å². The van der Waals surface area contributed by atoms with E-state index in [-0.39, 0.29) is 17.7 Å². The third kappa shape index (κ3) is 2.95. The second kappa shape index (κ2) is 6.44. The molecule has 1 atom stereocenters. The van der Waals surface area contributed by atoms with Gasteiger partial charge in [0.05, 0.1) is 11.6 Å². The summed E-state index contributed by atoms with van der Waals surface area (Å²) in [6, 6.07) is 14.5. The van der Waals surface area contributed by atoms with E-state index in [1.54, 1.807) is 19.1 Å². The Labute approximate surface area is 148 Å². The molecule has 3 aromatic rings. The standard InChI is InChI=1S/C19H15FN4O2/c1-11-15(18-23-17(24-26-18)12-6-3-2-4-7-12)16(22-19(25)21-11)13-8-5-9-14(20)10-13/h2-10,16H,1H3,(H2,21,22,25)/t16-/m0/s1. The van der Waals surface area contributed by atoms with Crippen LogP contribution in [-0.2, 0) is 0 Å². The van der Waals surface area contributed by atoms with Gasteiger partial charge in [-0.2, -0.15) is 4.98 Å². The zero-order valence-corrected chi connectivity index (χ0v) is 13.9. The largest absolute Gasteiger partial charge is 0.334 e. The normalized spacial score (nSPS) is 17.0. The molecule has 7 heteroatoms. The zero-order valence-electron chi connectivity index (χ0n) is 13.9. The Morgan fingerprint density at radius 1 is 1.12 bits per heavy atom. The molecule has 0 bridgehead atoms. The van der Waals surface area contributed by atoms with Crippen molar-refractivity contribution < 1.29 is 13.7 Å². The maximum atomic E-state index is 13.7. The van der Waals surface area contributed by atoms with E-state index in [0.717, 1.165) is 5.56 Å². The van der Waals surface area contributed by atoms with Crippen LogP contribution in [0.25, 0.3) is 17.0 Å². The molecule has 2 heterocycles. The van der Waals surface area contributed by atoms with Crippen LogP contribution in [0.15, 0.2) is 64.8 Å². The van der Waals surface area contributed by atoms with Crippen molar-refractivity contribution >= 4 is 11.6 Å². The molecule has 1 aromatic heterocycles. The molecule has 0 saturated carbocycles. The molecule has 6 nitrogen and oxygen atoms in total. The molecule has 0 aliphatic carbocycles. The topological polar surface area (TPSA) is 80.1 Å². The number of carbonyl (C=O) groups excluding carboxylic acids is 1. The van der Waals surface area contributed by atoms with Crippen molar-refractivity contribution in [3.8, 4) is 11.4 Å². The molecule has 2 amide bonds. The number of nitrogens with one attached hydrogen (secondary N) is 2. The maximum Gasteiger partial charge on any atom is 0.319 e. The highest BCUT2D eigenvalue weighted by Crippen LogP contribution is 2.34. The lowest BCUT2D eigenvalue weighted by Gasteiger charge is -2.27. The van der Waals surface area contributed by atoms with Crippen LogP contribution in [0.5, 0.6) is 0 Å². The molecule has 0 radical (unpaired) electrons. The van der Waals surface area contributed by atoms with Crippen LogP contribution in [0.2, 0.25) is 0 Å². The lowest BCUT2D eigenvalue weighted by atomic mass is 9.95. The number of nitrogens with zero attached hydrogens (tertiary/aromatic N) is 2. The van der Waals surface area contributed by atoms with Gasteiger partial charge in [-0.25, -0.2) is 9.18 Å². The first-order valence-corrected chi connectivity index (χ1v) is 8.05. The van der Waals surface area contributed by atoms with Gasteiger partial charge in [0.25, 0.3) is 5.89 Å². The monoisotopic (exact) mass is 350 g/mol. The van der Waals surface area contributed by atoms with Gasteiger partial charge in [-0.3, -0.25) is 0 Å². The van der Waals surface area contributed by atoms with Crippen molar-refractivity contribution in [1.82, 2.24) is 20.8 Å². The van der Waals surface area contributed by atoms with E-state index in [4.69, 9.17) is 4.52 Å². The van der Waals surface area contributed by atoms with Crippen LogP contribution in [0, 0.1) is 5.82 Å². The summed E-state index contributed by atoms with van der Waals surface area (Å²) < 4.78 is 19.1. The fourth-order valence-electron chi connectivity index (χ4n) is 2.95. The van der Waals surface area contributed by atoms with Crippen molar-refractivity contribution in [2.45, 2.75) is 13.0 Å². The van der Waals surface area contributed by atoms with Crippen LogP contribution in [0.3, 0.4) is 0 Å². The summed E-state index contributed by atoms with van der Waals surface area (Å²) in [5.41, 5.74) is 2.58. The Morgan fingerprint density at radius 2 is 1.92 bits per heavy atom. The number of aromatic nitrogens is 2. The van der Waals surface area contributed by atoms with Crippen LogP contribution >= 0.6 is 0 Å². The average Bonchev–Trinajstić information content (AvgIpc) is 3.11. The van der Waals surface area contributed by atoms with E-state index in [1.807, 2.05) is 30.3 Å². The quantitative estimate of drug-likeness (QED) is 0.755. The van der Waals surface area contributed by atoms with Gasteiger partial charge in [0.2, 0.25) is 5.82 Å². The average molecular weight is 350 g/mol. The summed E-state index contributed by atoms with van der Waals surface area (Å²) in [6.07, 6.45) is 0. The Balaban J connectivity index is 1.78. The van der Waals surface area contributed by atoms with Crippen molar-refractivity contribution in [1.29, 1.82) is 0 Å². The van der Waals surface area contributed by atoms with Gasteiger partial charge >= 0.3 is 6.03 Å². The van der Waals surface area contributed by atoms with E-state index in [2.05, 4.69) is 20.8 Å². The van der Waals surface area contributed by atoms with E-state index >= 15 is 0 Å². The Morgan fingerprint density at radius 3 is 2.69 bits per heavy atom. The minimum atomic E-state index is -0.594. The molecule has 26 heavy (non-hydrogen) atoms. The van der Waals surface area contributed by atoms with Crippen LogP contribution in [0.1, 0.15) is 24.4 Å². The second-order valence-corrected chi connectivity index (χ2v) is 5.91. The van der Waals surface area contributed by atoms with Gasteiger partial charge in [-0.05, 0) is 24.6 Å². The third-order valence-electron chi connectivity index (χ3n) is 4.14. The number of carbonyl (C=O) groups is 1. The highest BCUT2D eigenvalue weighted by Gasteiger charge is 2.31. The smallest absolute Gasteiger partial charge is 0.319 e. The van der Waals surface area contributed by atoms with Crippen molar-refractivity contribution in [2.24, 2.45) is 0 Å². The third-order valence-corrected chi connectivity index (χ3v) is 4.14. The van der Waals surface area contributed by atoms with Crippen molar-refractivity contribution in [3.63, 3.8) is 0 Å². The Bertz CT molecular complexity index is 998. The number of benzene rings is 2. The molecule has 130 valence electrons. The summed E-state index contributed by atoms with van der Waals surface area (Å²) in [7, 11) is 0. The number of hydrogen-bond acceptors (Lipinski definition) is 4. The first-order chi connectivity index (χ1) is 12.6. The van der Waals surface area contributed by atoms with E-state index < -0.39 is 6.04 Å². The van der Waals surface area contributed by atoms with Gasteiger partial charge < -0.3 is 15.2 Å². The van der Waals surface area contributed by atoms with Gasteiger partial charge in [-0.1, -0.05) is 47.6 Å². The predicted octanol–water partition coefficient (Wildman–Crippen LogP) is 3.66. The SMILES string of the molecule is CC1=C(c2nc(-c3ccccc3)no2)[C@H](c2cccc(F)c2)NC(=O)N1. The summed E-state index contributed by atoms with van der Waals surface area (Å²) >= 11 is 0. The summed E-state index contributed by atoms with van der Waals surface area (Å²) in [5.74, 6) is 0.321. The molecule has 2 aromatic carbocycles. The number of urea groups is 1. The number of rotatable bonds is 3. The highest BCUT2D eigenvalue weighted by atomic mass is 19.1. The summed E-state index contributed by atoms with van der Waals surface area (Å²) in [4.78, 5) is 16.4. The Hall–Kier alpha value is -3.48. The highest BCUT2D eigenvalue weighted by molar-refractivity contribution is 5.86. The van der Waals surface area contributed by atoms with Crippen molar-refractivity contribution in [3.05, 3.63) is 77.6 Å². The molecule has 0 saturated heterocycles. The lowest BCUT2D eigenvalue weighted by Crippen LogP contribution is -2.43. The fourth-order valence-corrected chi connectivity index (χ4v) is 2.95. The van der Waals surface area contributed by atoms with Gasteiger partial charge in [-0.15, -0.1) is 0 Å². The van der Waals surface area contributed by atoms with Gasteiger partial charge in [0.15, 0.2) is 0 Å².